The fourth-order valence-electron chi connectivity index (χ4n) is 4.82. The molecule has 1 atom stereocenters. The maximum atomic E-state index is 14.0. The third-order valence-corrected chi connectivity index (χ3v) is 7.59. The van der Waals surface area contributed by atoms with E-state index in [1.54, 1.807) is 49.5 Å². The van der Waals surface area contributed by atoms with Crippen LogP contribution in [0.2, 0.25) is 10.0 Å². The Hall–Kier alpha value is -3.26. The molecule has 4 rings (SSSR count). The Morgan fingerprint density at radius 1 is 1.03 bits per heavy atom. The Morgan fingerprint density at radius 3 is 2.53 bits per heavy atom. The molecule has 0 bridgehead atoms. The van der Waals surface area contributed by atoms with Crippen molar-refractivity contribution in [3.8, 4) is 11.5 Å². The summed E-state index contributed by atoms with van der Waals surface area (Å²) in [5, 5.41) is 12.7. The summed E-state index contributed by atoms with van der Waals surface area (Å²) < 4.78 is 10.9. The van der Waals surface area contributed by atoms with Gasteiger partial charge in [-0.3, -0.25) is 9.59 Å². The van der Waals surface area contributed by atoms with E-state index in [9.17, 15) is 9.59 Å². The highest BCUT2D eigenvalue weighted by atomic mass is 35.5. The Morgan fingerprint density at radius 2 is 1.82 bits per heavy atom. The molecular formula is C29H30Cl2N2O5. The van der Waals surface area contributed by atoms with Crippen molar-refractivity contribution < 1.29 is 24.2 Å². The van der Waals surface area contributed by atoms with Gasteiger partial charge in [0, 0.05) is 39.5 Å². The van der Waals surface area contributed by atoms with Crippen molar-refractivity contribution >= 4 is 40.7 Å². The highest BCUT2D eigenvalue weighted by Gasteiger charge is 2.47. The van der Waals surface area contributed by atoms with Crippen LogP contribution in [0.5, 0.6) is 11.5 Å². The molecule has 1 aliphatic rings. The predicted molar refractivity (Wildman–Crippen MR) is 149 cm³/mol. The summed E-state index contributed by atoms with van der Waals surface area (Å²) in [5.41, 5.74) is 2.82. The number of ether oxygens (including phenoxy) is 2. The minimum atomic E-state index is -0.863. The molecular weight excluding hydrogens is 527 g/mol. The summed E-state index contributed by atoms with van der Waals surface area (Å²) in [4.78, 5) is 28.2. The van der Waals surface area contributed by atoms with Gasteiger partial charge in [0.05, 0.1) is 32.8 Å². The molecule has 1 unspecified atom stereocenters. The average Bonchev–Trinajstić information content (AvgIpc) is 3.12. The van der Waals surface area contributed by atoms with Gasteiger partial charge in [-0.25, -0.2) is 0 Å². The lowest BCUT2D eigenvalue weighted by atomic mass is 9.78. The Balaban J connectivity index is 1.63. The number of amides is 2. The van der Waals surface area contributed by atoms with E-state index in [0.29, 0.717) is 46.5 Å². The SMILES string of the molecule is COc1ccc(CN2C(=O)C(C)(CCc3cc(C(=O)NCCO)ccc3Cl)c3cc(Cl)ccc32)c(OC)c1. The monoisotopic (exact) mass is 556 g/mol. The number of anilines is 1. The standard InChI is InChI=1S/C29H30Cl2N2O5/c1-29(11-10-18-14-19(5-8-24(18)31)27(35)32-12-13-34)23-15-21(30)6-9-25(23)33(28(29)36)17-20-4-7-22(37-2)16-26(20)38-3/h4-9,14-16,34H,10-13,17H2,1-3H3,(H,32,35). The number of fused-ring (bicyclic) bond motifs is 1. The second kappa shape index (κ2) is 11.6. The van der Waals surface area contributed by atoms with Crippen LogP contribution in [0.15, 0.2) is 54.6 Å². The quantitative estimate of drug-likeness (QED) is 0.359. The molecule has 3 aromatic carbocycles. The van der Waals surface area contributed by atoms with Crippen LogP contribution < -0.4 is 19.7 Å². The third kappa shape index (κ3) is 5.46. The lowest BCUT2D eigenvalue weighted by molar-refractivity contribution is -0.123. The minimum Gasteiger partial charge on any atom is -0.497 e. The smallest absolute Gasteiger partial charge is 0.251 e. The molecule has 2 amide bonds. The second-order valence-electron chi connectivity index (χ2n) is 9.35. The molecule has 0 spiro atoms. The number of aryl methyl sites for hydroxylation is 1. The highest BCUT2D eigenvalue weighted by Crippen LogP contribution is 2.47. The molecule has 7 nitrogen and oxygen atoms in total. The minimum absolute atomic E-state index is 0.0550. The van der Waals surface area contributed by atoms with Gasteiger partial charge in [-0.05, 0) is 79.4 Å². The summed E-state index contributed by atoms with van der Waals surface area (Å²) in [6.07, 6.45) is 0.921. The third-order valence-electron chi connectivity index (χ3n) is 6.98. The Bertz CT molecular complexity index is 1360. The Labute approximate surface area is 232 Å². The number of nitrogens with one attached hydrogen (secondary N) is 1. The van der Waals surface area contributed by atoms with E-state index >= 15 is 0 Å². The second-order valence-corrected chi connectivity index (χ2v) is 10.2. The van der Waals surface area contributed by atoms with Crippen molar-refractivity contribution in [2.45, 2.75) is 31.7 Å². The number of benzene rings is 3. The van der Waals surface area contributed by atoms with Crippen LogP contribution in [-0.4, -0.2) is 44.3 Å². The number of halogens is 2. The normalized spacial score (nSPS) is 16.4. The first-order chi connectivity index (χ1) is 18.2. The molecule has 0 saturated heterocycles. The number of carbonyl (C=O) groups is 2. The molecule has 0 radical (unpaired) electrons. The van der Waals surface area contributed by atoms with Crippen LogP contribution in [0.1, 0.15) is 40.4 Å². The van der Waals surface area contributed by atoms with Gasteiger partial charge in [0.1, 0.15) is 11.5 Å². The zero-order valence-electron chi connectivity index (χ0n) is 21.5. The number of hydrogen-bond acceptors (Lipinski definition) is 5. The van der Waals surface area contributed by atoms with E-state index in [1.165, 1.54) is 0 Å². The zero-order chi connectivity index (χ0) is 27.4. The van der Waals surface area contributed by atoms with Gasteiger partial charge in [0.2, 0.25) is 5.91 Å². The van der Waals surface area contributed by atoms with Gasteiger partial charge >= 0.3 is 0 Å². The van der Waals surface area contributed by atoms with Gasteiger partial charge in [-0.2, -0.15) is 0 Å². The van der Waals surface area contributed by atoms with E-state index < -0.39 is 5.41 Å². The number of nitrogens with zero attached hydrogens (tertiary/aromatic N) is 1. The summed E-state index contributed by atoms with van der Waals surface area (Å²) in [5.74, 6) is 0.946. The van der Waals surface area contributed by atoms with E-state index in [-0.39, 0.29) is 25.0 Å². The largest absolute Gasteiger partial charge is 0.497 e. The molecule has 1 heterocycles. The van der Waals surface area contributed by atoms with Crippen LogP contribution in [0.3, 0.4) is 0 Å². The molecule has 9 heteroatoms. The summed E-state index contributed by atoms with van der Waals surface area (Å²) in [7, 11) is 3.18. The molecule has 1 aliphatic heterocycles. The molecule has 3 aromatic rings. The van der Waals surface area contributed by atoms with Crippen molar-refractivity contribution in [1.82, 2.24) is 5.32 Å². The first-order valence-electron chi connectivity index (χ1n) is 12.2. The van der Waals surface area contributed by atoms with Crippen molar-refractivity contribution in [2.75, 3.05) is 32.3 Å². The van der Waals surface area contributed by atoms with Crippen molar-refractivity contribution in [3.05, 3.63) is 86.9 Å². The van der Waals surface area contributed by atoms with Crippen LogP contribution in [-0.2, 0) is 23.2 Å². The van der Waals surface area contributed by atoms with Crippen molar-refractivity contribution in [3.63, 3.8) is 0 Å². The maximum Gasteiger partial charge on any atom is 0.251 e. The first-order valence-corrected chi connectivity index (χ1v) is 13.0. The van der Waals surface area contributed by atoms with Crippen LogP contribution in [0, 0.1) is 0 Å². The maximum absolute atomic E-state index is 14.0. The molecule has 0 saturated carbocycles. The number of aliphatic hydroxyl groups excluding tert-OH is 1. The number of carbonyl (C=O) groups excluding carboxylic acids is 2. The van der Waals surface area contributed by atoms with Gasteiger partial charge in [0.25, 0.3) is 5.91 Å². The van der Waals surface area contributed by atoms with E-state index in [1.807, 2.05) is 31.2 Å². The average molecular weight is 557 g/mol. The summed E-state index contributed by atoms with van der Waals surface area (Å²) in [6, 6.07) is 16.1. The highest BCUT2D eigenvalue weighted by molar-refractivity contribution is 6.31. The summed E-state index contributed by atoms with van der Waals surface area (Å²) in [6.45, 7) is 2.25. The molecule has 2 N–H and O–H groups in total. The Kier molecular flexibility index (Phi) is 8.51. The van der Waals surface area contributed by atoms with Crippen LogP contribution in [0.25, 0.3) is 0 Å². The topological polar surface area (TPSA) is 88.1 Å². The predicted octanol–water partition coefficient (Wildman–Crippen LogP) is 5.17. The zero-order valence-corrected chi connectivity index (χ0v) is 23.0. The van der Waals surface area contributed by atoms with Crippen molar-refractivity contribution in [1.29, 1.82) is 0 Å². The molecule has 200 valence electrons. The van der Waals surface area contributed by atoms with Crippen LogP contribution in [0.4, 0.5) is 5.69 Å². The number of methoxy groups -OCH3 is 2. The number of rotatable bonds is 10. The fraction of sp³-hybridized carbons (Fsp3) is 0.310. The molecule has 0 aliphatic carbocycles. The first kappa shape index (κ1) is 27.8. The molecule has 38 heavy (non-hydrogen) atoms. The lowest BCUT2D eigenvalue weighted by Crippen LogP contribution is -2.38. The van der Waals surface area contributed by atoms with Gasteiger partial charge in [0.15, 0.2) is 0 Å². The van der Waals surface area contributed by atoms with Crippen molar-refractivity contribution in [2.24, 2.45) is 0 Å². The molecule has 0 fully saturated rings. The number of hydrogen-bond donors (Lipinski definition) is 2. The van der Waals surface area contributed by atoms with E-state index in [4.69, 9.17) is 37.8 Å². The fourth-order valence-corrected chi connectivity index (χ4v) is 5.21. The van der Waals surface area contributed by atoms with Gasteiger partial charge < -0.3 is 24.8 Å². The molecule has 0 aromatic heterocycles. The lowest BCUT2D eigenvalue weighted by Gasteiger charge is -2.25. The van der Waals surface area contributed by atoms with E-state index in [0.717, 1.165) is 22.4 Å². The van der Waals surface area contributed by atoms with Gasteiger partial charge in [-0.1, -0.05) is 23.2 Å². The summed E-state index contributed by atoms with van der Waals surface area (Å²) >= 11 is 12.9. The van der Waals surface area contributed by atoms with Crippen LogP contribution >= 0.6 is 23.2 Å². The number of aliphatic hydroxyl groups is 1. The van der Waals surface area contributed by atoms with Gasteiger partial charge in [-0.15, -0.1) is 0 Å². The van der Waals surface area contributed by atoms with E-state index in [2.05, 4.69) is 5.32 Å².